The summed E-state index contributed by atoms with van der Waals surface area (Å²) in [5.41, 5.74) is 1.16. The Labute approximate surface area is 107 Å². The van der Waals surface area contributed by atoms with Crippen molar-refractivity contribution in [3.8, 4) is 0 Å². The minimum Gasteiger partial charge on any atom is -0.300 e. The van der Waals surface area contributed by atoms with Crippen LogP contribution in [-0.4, -0.2) is 11.6 Å². The zero-order valence-corrected chi connectivity index (χ0v) is 10.5. The molecule has 1 aromatic carbocycles. The van der Waals surface area contributed by atoms with Gasteiger partial charge in [0.15, 0.2) is 0 Å². The van der Waals surface area contributed by atoms with Gasteiger partial charge in [-0.3, -0.25) is 9.59 Å². The lowest BCUT2D eigenvalue weighted by molar-refractivity contribution is -0.133. The van der Waals surface area contributed by atoms with Gasteiger partial charge in [-0.25, -0.2) is 0 Å². The van der Waals surface area contributed by atoms with Crippen LogP contribution in [0.3, 0.4) is 0 Å². The maximum Gasteiger partial charge on any atom is 0.136 e. The number of hydrogen-bond donors (Lipinski definition) is 0. The van der Waals surface area contributed by atoms with Crippen molar-refractivity contribution in [2.24, 2.45) is 11.8 Å². The van der Waals surface area contributed by atoms with Crippen LogP contribution in [0.5, 0.6) is 0 Å². The summed E-state index contributed by atoms with van der Waals surface area (Å²) in [5, 5.41) is 0. The van der Waals surface area contributed by atoms with E-state index in [1.54, 1.807) is 0 Å². The Bertz CT molecular complexity index is 463. The molecule has 0 bridgehead atoms. The molecular formula is C16H18O2. The lowest BCUT2D eigenvalue weighted by Crippen LogP contribution is -2.39. The van der Waals surface area contributed by atoms with Crippen LogP contribution in [0.2, 0.25) is 0 Å². The monoisotopic (exact) mass is 242 g/mol. The molecule has 0 saturated heterocycles. The van der Waals surface area contributed by atoms with Crippen molar-refractivity contribution in [3.63, 3.8) is 0 Å². The third kappa shape index (κ3) is 2.00. The van der Waals surface area contributed by atoms with Crippen LogP contribution >= 0.6 is 0 Å². The molecule has 0 aliphatic heterocycles. The SMILES string of the molecule is O=C1C[C@H]2CCCC(=O)[C@@H]2[C@@H](c2ccccc2)C1. The van der Waals surface area contributed by atoms with E-state index in [2.05, 4.69) is 12.1 Å². The molecule has 0 heterocycles. The average Bonchev–Trinajstić information content (AvgIpc) is 2.39. The van der Waals surface area contributed by atoms with Crippen LogP contribution in [0.15, 0.2) is 30.3 Å². The Morgan fingerprint density at radius 2 is 1.78 bits per heavy atom. The van der Waals surface area contributed by atoms with E-state index in [0.717, 1.165) is 18.4 Å². The molecule has 94 valence electrons. The van der Waals surface area contributed by atoms with Crippen LogP contribution in [0.25, 0.3) is 0 Å². The zero-order chi connectivity index (χ0) is 12.5. The first-order chi connectivity index (χ1) is 8.75. The van der Waals surface area contributed by atoms with Gasteiger partial charge in [-0.05, 0) is 24.3 Å². The molecule has 0 amide bonds. The van der Waals surface area contributed by atoms with E-state index >= 15 is 0 Å². The highest BCUT2D eigenvalue weighted by molar-refractivity contribution is 5.88. The Morgan fingerprint density at radius 3 is 2.56 bits per heavy atom. The van der Waals surface area contributed by atoms with Crippen molar-refractivity contribution in [2.75, 3.05) is 0 Å². The third-order valence-corrected chi connectivity index (χ3v) is 4.48. The predicted octanol–water partition coefficient (Wildman–Crippen LogP) is 3.12. The van der Waals surface area contributed by atoms with Crippen molar-refractivity contribution < 1.29 is 9.59 Å². The maximum absolute atomic E-state index is 12.2. The van der Waals surface area contributed by atoms with E-state index in [1.807, 2.05) is 18.2 Å². The van der Waals surface area contributed by atoms with Gasteiger partial charge in [0.1, 0.15) is 11.6 Å². The van der Waals surface area contributed by atoms with E-state index in [9.17, 15) is 9.59 Å². The van der Waals surface area contributed by atoms with Crippen LogP contribution in [0, 0.1) is 11.8 Å². The van der Waals surface area contributed by atoms with Gasteiger partial charge in [-0.2, -0.15) is 0 Å². The summed E-state index contributed by atoms with van der Waals surface area (Å²) >= 11 is 0. The molecule has 0 radical (unpaired) electrons. The summed E-state index contributed by atoms with van der Waals surface area (Å²) in [6.07, 6.45) is 3.90. The number of ketones is 2. The highest BCUT2D eigenvalue weighted by Crippen LogP contribution is 2.45. The molecule has 2 nitrogen and oxygen atoms in total. The fourth-order valence-corrected chi connectivity index (χ4v) is 3.70. The Balaban J connectivity index is 1.95. The van der Waals surface area contributed by atoms with Gasteiger partial charge < -0.3 is 0 Å². The summed E-state index contributed by atoms with van der Waals surface area (Å²) in [4.78, 5) is 24.1. The standard InChI is InChI=1S/C16H18O2/c17-13-9-12-7-4-8-15(18)16(12)14(10-13)11-5-2-1-3-6-11/h1-3,5-6,12,14,16H,4,7-10H2/t12-,14-,16+/m1/s1. The zero-order valence-electron chi connectivity index (χ0n) is 10.5. The molecule has 2 fully saturated rings. The summed E-state index contributed by atoms with van der Waals surface area (Å²) in [5.74, 6) is 1.24. The van der Waals surface area contributed by atoms with Crippen LogP contribution in [-0.2, 0) is 9.59 Å². The van der Waals surface area contributed by atoms with Crippen molar-refractivity contribution in [2.45, 2.75) is 38.0 Å². The normalized spacial score (nSPS) is 32.1. The second-order valence-corrected chi connectivity index (χ2v) is 5.61. The fraction of sp³-hybridized carbons (Fsp3) is 0.500. The quantitative estimate of drug-likeness (QED) is 0.758. The molecule has 1 aromatic rings. The van der Waals surface area contributed by atoms with Crippen LogP contribution in [0.4, 0.5) is 0 Å². The molecule has 2 heteroatoms. The summed E-state index contributed by atoms with van der Waals surface area (Å²) < 4.78 is 0. The first-order valence-corrected chi connectivity index (χ1v) is 6.85. The summed E-state index contributed by atoms with van der Waals surface area (Å²) in [6, 6.07) is 10.1. The van der Waals surface area contributed by atoms with Gasteiger partial charge in [0.25, 0.3) is 0 Å². The smallest absolute Gasteiger partial charge is 0.136 e. The van der Waals surface area contributed by atoms with Gasteiger partial charge in [-0.1, -0.05) is 30.3 Å². The van der Waals surface area contributed by atoms with E-state index in [1.165, 1.54) is 0 Å². The molecular weight excluding hydrogens is 224 g/mol. The topological polar surface area (TPSA) is 34.1 Å². The number of rotatable bonds is 1. The molecule has 0 spiro atoms. The van der Waals surface area contributed by atoms with Gasteiger partial charge in [0, 0.05) is 31.1 Å². The molecule has 0 unspecified atom stereocenters. The van der Waals surface area contributed by atoms with Crippen molar-refractivity contribution in [3.05, 3.63) is 35.9 Å². The summed E-state index contributed by atoms with van der Waals surface area (Å²) in [7, 11) is 0. The average molecular weight is 242 g/mol. The predicted molar refractivity (Wildman–Crippen MR) is 69.3 cm³/mol. The van der Waals surface area contributed by atoms with Gasteiger partial charge >= 0.3 is 0 Å². The van der Waals surface area contributed by atoms with Crippen molar-refractivity contribution in [1.82, 2.24) is 0 Å². The van der Waals surface area contributed by atoms with Gasteiger partial charge in [0.05, 0.1) is 0 Å². The second kappa shape index (κ2) is 4.68. The van der Waals surface area contributed by atoms with E-state index in [4.69, 9.17) is 0 Å². The van der Waals surface area contributed by atoms with Crippen molar-refractivity contribution >= 4 is 11.6 Å². The second-order valence-electron chi connectivity index (χ2n) is 5.61. The minimum atomic E-state index is 0.0962. The first-order valence-electron chi connectivity index (χ1n) is 6.85. The highest BCUT2D eigenvalue weighted by atomic mass is 16.1. The van der Waals surface area contributed by atoms with E-state index < -0.39 is 0 Å². The Morgan fingerprint density at radius 1 is 1.00 bits per heavy atom. The molecule has 3 atom stereocenters. The first kappa shape index (κ1) is 11.6. The number of Topliss-reactive ketones (excluding diaryl/α,β-unsaturated/α-hetero) is 2. The number of fused-ring (bicyclic) bond motifs is 1. The molecule has 2 aliphatic rings. The molecule has 2 aliphatic carbocycles. The van der Waals surface area contributed by atoms with Gasteiger partial charge in [-0.15, -0.1) is 0 Å². The molecule has 0 aromatic heterocycles. The Kier molecular flexibility index (Phi) is 3.02. The lowest BCUT2D eigenvalue weighted by Gasteiger charge is -2.39. The molecule has 0 N–H and O–H groups in total. The van der Waals surface area contributed by atoms with Crippen LogP contribution < -0.4 is 0 Å². The number of hydrogen-bond acceptors (Lipinski definition) is 2. The molecule has 2 saturated carbocycles. The number of benzene rings is 1. The van der Waals surface area contributed by atoms with Gasteiger partial charge in [0.2, 0.25) is 0 Å². The van der Waals surface area contributed by atoms with E-state index in [-0.39, 0.29) is 11.8 Å². The maximum atomic E-state index is 12.2. The Hall–Kier alpha value is -1.44. The van der Waals surface area contributed by atoms with Crippen LogP contribution in [0.1, 0.15) is 43.6 Å². The largest absolute Gasteiger partial charge is 0.300 e. The fourth-order valence-electron chi connectivity index (χ4n) is 3.70. The summed E-state index contributed by atoms with van der Waals surface area (Å²) in [6.45, 7) is 0. The minimum absolute atomic E-state index is 0.0962. The van der Waals surface area contributed by atoms with E-state index in [0.29, 0.717) is 36.7 Å². The third-order valence-electron chi connectivity index (χ3n) is 4.48. The highest BCUT2D eigenvalue weighted by Gasteiger charge is 2.43. The molecule has 18 heavy (non-hydrogen) atoms. The molecule has 3 rings (SSSR count). The lowest BCUT2D eigenvalue weighted by atomic mass is 9.63. The number of carbonyl (C=O) groups excluding carboxylic acids is 2. The van der Waals surface area contributed by atoms with Crippen molar-refractivity contribution in [1.29, 1.82) is 0 Å². The number of carbonyl (C=O) groups is 2.